The van der Waals surface area contributed by atoms with Crippen LogP contribution in [0, 0.1) is 19.8 Å². The Morgan fingerprint density at radius 1 is 1.25 bits per heavy atom. The first-order valence-electron chi connectivity index (χ1n) is 6.04. The Bertz CT molecular complexity index is 336. The third-order valence-electron chi connectivity index (χ3n) is 3.35. The van der Waals surface area contributed by atoms with Gasteiger partial charge < -0.3 is 5.32 Å². The lowest BCUT2D eigenvalue weighted by Gasteiger charge is -2.23. The molecule has 0 radical (unpaired) electrons. The van der Waals surface area contributed by atoms with Crippen LogP contribution < -0.4 is 5.32 Å². The van der Waals surface area contributed by atoms with Gasteiger partial charge in [0, 0.05) is 6.04 Å². The zero-order valence-corrected chi connectivity index (χ0v) is 11.2. The summed E-state index contributed by atoms with van der Waals surface area (Å²) < 4.78 is 0. The van der Waals surface area contributed by atoms with Crippen LogP contribution in [0.5, 0.6) is 0 Å². The lowest BCUT2D eigenvalue weighted by atomic mass is 9.91. The molecular formula is C14H21NS. The van der Waals surface area contributed by atoms with Crippen LogP contribution in [0.25, 0.3) is 0 Å². The van der Waals surface area contributed by atoms with Crippen molar-refractivity contribution in [3.05, 3.63) is 34.9 Å². The smallest absolute Gasteiger partial charge is 0.0354 e. The molecule has 2 unspecified atom stereocenters. The van der Waals surface area contributed by atoms with Gasteiger partial charge in [-0.15, -0.1) is 0 Å². The highest BCUT2D eigenvalue weighted by molar-refractivity contribution is 7.99. The van der Waals surface area contributed by atoms with Gasteiger partial charge in [0.05, 0.1) is 0 Å². The molecule has 1 fully saturated rings. The molecule has 0 saturated carbocycles. The average molecular weight is 235 g/mol. The van der Waals surface area contributed by atoms with Crippen molar-refractivity contribution in [3.8, 4) is 0 Å². The molecule has 0 bridgehead atoms. The van der Waals surface area contributed by atoms with Gasteiger partial charge in [-0.1, -0.05) is 29.3 Å². The van der Waals surface area contributed by atoms with Crippen LogP contribution in [0.2, 0.25) is 0 Å². The third-order valence-corrected chi connectivity index (χ3v) is 4.54. The Balaban J connectivity index is 2.24. The minimum absolute atomic E-state index is 0.536. The van der Waals surface area contributed by atoms with Crippen molar-refractivity contribution in [2.75, 3.05) is 18.6 Å². The molecule has 0 spiro atoms. The van der Waals surface area contributed by atoms with Crippen molar-refractivity contribution in [3.63, 3.8) is 0 Å². The van der Waals surface area contributed by atoms with Gasteiger partial charge in [-0.2, -0.15) is 11.8 Å². The molecule has 1 nitrogen and oxygen atoms in total. The van der Waals surface area contributed by atoms with Crippen molar-refractivity contribution in [2.45, 2.75) is 26.3 Å². The zero-order chi connectivity index (χ0) is 11.5. The second-order valence-corrected chi connectivity index (χ2v) is 5.96. The quantitative estimate of drug-likeness (QED) is 0.862. The average Bonchev–Trinajstić information content (AvgIpc) is 2.70. The molecule has 16 heavy (non-hydrogen) atoms. The SMILES string of the molecule is CNC(c1cc(C)cc(C)c1)C1CCSC1. The minimum Gasteiger partial charge on any atom is -0.313 e. The van der Waals surface area contributed by atoms with Gasteiger partial charge in [0.2, 0.25) is 0 Å². The first kappa shape index (κ1) is 12.0. The Kier molecular flexibility index (Phi) is 3.93. The van der Waals surface area contributed by atoms with E-state index in [4.69, 9.17) is 0 Å². The van der Waals surface area contributed by atoms with Crippen LogP contribution in [0.4, 0.5) is 0 Å². The maximum atomic E-state index is 3.50. The number of hydrogen-bond acceptors (Lipinski definition) is 2. The van der Waals surface area contributed by atoms with E-state index in [1.165, 1.54) is 34.6 Å². The molecule has 1 aromatic rings. The van der Waals surface area contributed by atoms with E-state index in [1.54, 1.807) is 0 Å². The molecule has 1 aliphatic heterocycles. The van der Waals surface area contributed by atoms with Gasteiger partial charge in [-0.05, 0) is 50.3 Å². The Labute approximate surface area is 103 Å². The molecule has 88 valence electrons. The molecular weight excluding hydrogens is 214 g/mol. The monoisotopic (exact) mass is 235 g/mol. The van der Waals surface area contributed by atoms with Gasteiger partial charge in [-0.25, -0.2) is 0 Å². The van der Waals surface area contributed by atoms with Crippen LogP contribution in [-0.4, -0.2) is 18.6 Å². The summed E-state index contributed by atoms with van der Waals surface area (Å²) in [7, 11) is 2.09. The second-order valence-electron chi connectivity index (χ2n) is 4.81. The van der Waals surface area contributed by atoms with Gasteiger partial charge in [0.1, 0.15) is 0 Å². The van der Waals surface area contributed by atoms with Gasteiger partial charge in [0.15, 0.2) is 0 Å². The highest BCUT2D eigenvalue weighted by Crippen LogP contribution is 2.34. The molecule has 1 aromatic carbocycles. The van der Waals surface area contributed by atoms with E-state index in [-0.39, 0.29) is 0 Å². The second kappa shape index (κ2) is 5.24. The Hall–Kier alpha value is -0.470. The van der Waals surface area contributed by atoms with Gasteiger partial charge in [-0.3, -0.25) is 0 Å². The molecule has 1 N–H and O–H groups in total. The fraction of sp³-hybridized carbons (Fsp3) is 0.571. The van der Waals surface area contributed by atoms with Crippen molar-refractivity contribution in [2.24, 2.45) is 5.92 Å². The summed E-state index contributed by atoms with van der Waals surface area (Å²) >= 11 is 2.09. The van der Waals surface area contributed by atoms with E-state index >= 15 is 0 Å². The number of nitrogens with one attached hydrogen (secondary N) is 1. The zero-order valence-electron chi connectivity index (χ0n) is 10.4. The van der Waals surface area contributed by atoms with E-state index in [9.17, 15) is 0 Å². The number of benzene rings is 1. The van der Waals surface area contributed by atoms with E-state index in [2.05, 4.69) is 56.2 Å². The van der Waals surface area contributed by atoms with Crippen molar-refractivity contribution < 1.29 is 0 Å². The fourth-order valence-corrected chi connectivity index (χ4v) is 3.98. The van der Waals surface area contributed by atoms with Crippen LogP contribution >= 0.6 is 11.8 Å². The maximum Gasteiger partial charge on any atom is 0.0354 e. The van der Waals surface area contributed by atoms with Crippen molar-refractivity contribution in [1.82, 2.24) is 5.32 Å². The third kappa shape index (κ3) is 2.61. The number of rotatable bonds is 3. The molecule has 1 saturated heterocycles. The lowest BCUT2D eigenvalue weighted by molar-refractivity contribution is 0.419. The number of thioether (sulfide) groups is 1. The summed E-state index contributed by atoms with van der Waals surface area (Å²) in [6, 6.07) is 7.45. The molecule has 1 aliphatic rings. The van der Waals surface area contributed by atoms with E-state index in [0.717, 1.165) is 5.92 Å². The summed E-state index contributed by atoms with van der Waals surface area (Å²) in [5.41, 5.74) is 4.22. The molecule has 0 aliphatic carbocycles. The molecule has 2 heteroatoms. The molecule has 1 heterocycles. The summed E-state index contributed by atoms with van der Waals surface area (Å²) in [5.74, 6) is 3.43. The summed E-state index contributed by atoms with van der Waals surface area (Å²) in [5, 5.41) is 3.50. The lowest BCUT2D eigenvalue weighted by Crippen LogP contribution is -2.25. The Morgan fingerprint density at radius 3 is 2.44 bits per heavy atom. The molecule has 2 rings (SSSR count). The van der Waals surface area contributed by atoms with Crippen molar-refractivity contribution >= 4 is 11.8 Å². The summed E-state index contributed by atoms with van der Waals surface area (Å²) in [6.45, 7) is 4.37. The summed E-state index contributed by atoms with van der Waals surface area (Å²) in [6.07, 6.45) is 1.35. The Morgan fingerprint density at radius 2 is 1.94 bits per heavy atom. The van der Waals surface area contributed by atoms with Gasteiger partial charge in [0.25, 0.3) is 0 Å². The van der Waals surface area contributed by atoms with Crippen LogP contribution in [0.1, 0.15) is 29.2 Å². The predicted molar refractivity (Wildman–Crippen MR) is 73.1 cm³/mol. The molecule has 0 amide bonds. The summed E-state index contributed by atoms with van der Waals surface area (Å²) in [4.78, 5) is 0. The van der Waals surface area contributed by atoms with E-state index in [1.807, 2.05) is 0 Å². The number of aryl methyl sites for hydroxylation is 2. The highest BCUT2D eigenvalue weighted by atomic mass is 32.2. The fourth-order valence-electron chi connectivity index (χ4n) is 2.68. The standard InChI is InChI=1S/C14H21NS/c1-10-6-11(2)8-13(7-10)14(15-3)12-4-5-16-9-12/h6-8,12,14-15H,4-5,9H2,1-3H3. The molecule has 0 aromatic heterocycles. The maximum absolute atomic E-state index is 3.50. The first-order valence-corrected chi connectivity index (χ1v) is 7.19. The van der Waals surface area contributed by atoms with Gasteiger partial charge >= 0.3 is 0 Å². The largest absolute Gasteiger partial charge is 0.313 e. The van der Waals surface area contributed by atoms with Crippen molar-refractivity contribution in [1.29, 1.82) is 0 Å². The highest BCUT2D eigenvalue weighted by Gasteiger charge is 2.25. The first-order chi connectivity index (χ1) is 7.70. The molecule has 2 atom stereocenters. The predicted octanol–water partition coefficient (Wildman–Crippen LogP) is 3.32. The number of hydrogen-bond donors (Lipinski definition) is 1. The van der Waals surface area contributed by atoms with E-state index in [0.29, 0.717) is 6.04 Å². The van der Waals surface area contributed by atoms with Crippen LogP contribution in [0.3, 0.4) is 0 Å². The van der Waals surface area contributed by atoms with Crippen LogP contribution in [0.15, 0.2) is 18.2 Å². The topological polar surface area (TPSA) is 12.0 Å². The van der Waals surface area contributed by atoms with Crippen LogP contribution in [-0.2, 0) is 0 Å². The normalized spacial score (nSPS) is 22.3. The minimum atomic E-state index is 0.536. The van der Waals surface area contributed by atoms with E-state index < -0.39 is 0 Å².